The van der Waals surface area contributed by atoms with Crippen LogP contribution in [0.4, 0.5) is 0 Å². The zero-order valence-electron chi connectivity index (χ0n) is 10.9. The van der Waals surface area contributed by atoms with E-state index in [1.54, 1.807) is 0 Å². The number of carboxylic acid groups (broad SMARTS) is 1. The average molecular weight is 292 g/mol. The number of imide groups is 1. The largest absolute Gasteiger partial charge is 0.481 e. The summed E-state index contributed by atoms with van der Waals surface area (Å²) in [6.45, 7) is -0.202. The fourth-order valence-corrected chi connectivity index (χ4v) is 1.55. The third-order valence-corrected chi connectivity index (χ3v) is 2.48. The maximum atomic E-state index is 11.6. The zero-order valence-corrected chi connectivity index (χ0v) is 10.9. The van der Waals surface area contributed by atoms with Crippen molar-refractivity contribution in [3.8, 4) is 0 Å². The van der Waals surface area contributed by atoms with Crippen LogP contribution in [-0.2, 0) is 22.6 Å². The number of amides is 2. The number of rotatable bonds is 6. The minimum absolute atomic E-state index is 0.0316. The number of aromatic nitrogens is 3. The molecule has 0 aliphatic rings. The molecule has 0 atom stereocenters. The van der Waals surface area contributed by atoms with Gasteiger partial charge in [-0.3, -0.25) is 19.7 Å². The summed E-state index contributed by atoms with van der Waals surface area (Å²) >= 11 is 0. The molecule has 2 aromatic rings. The normalized spacial score (nSPS) is 10.3. The van der Waals surface area contributed by atoms with E-state index in [4.69, 9.17) is 9.52 Å². The number of nitrogens with one attached hydrogen (secondary N) is 1. The third-order valence-electron chi connectivity index (χ3n) is 2.48. The molecule has 0 spiro atoms. The summed E-state index contributed by atoms with van der Waals surface area (Å²) in [6, 6.07) is 2.97. The summed E-state index contributed by atoms with van der Waals surface area (Å²) in [5.41, 5.74) is 0.461. The minimum Gasteiger partial charge on any atom is -0.481 e. The van der Waals surface area contributed by atoms with E-state index >= 15 is 0 Å². The Bertz CT molecular complexity index is 646. The van der Waals surface area contributed by atoms with Crippen LogP contribution in [0.25, 0.3) is 0 Å². The molecule has 9 heteroatoms. The van der Waals surface area contributed by atoms with E-state index in [-0.39, 0.29) is 25.1 Å². The summed E-state index contributed by atoms with van der Waals surface area (Å²) in [6.07, 6.45) is 2.94. The van der Waals surface area contributed by atoms with Crippen molar-refractivity contribution < 1.29 is 23.9 Å². The second-order valence-corrected chi connectivity index (χ2v) is 4.16. The molecule has 2 aromatic heterocycles. The molecule has 0 aliphatic heterocycles. The van der Waals surface area contributed by atoms with Gasteiger partial charge >= 0.3 is 5.97 Å². The quantitative estimate of drug-likeness (QED) is 0.757. The molecule has 0 aromatic carbocycles. The van der Waals surface area contributed by atoms with Gasteiger partial charge in [0.25, 0.3) is 5.91 Å². The van der Waals surface area contributed by atoms with Crippen LogP contribution in [0.3, 0.4) is 0 Å². The Hall–Kier alpha value is -2.97. The third kappa shape index (κ3) is 4.27. The molecule has 2 amide bonds. The van der Waals surface area contributed by atoms with Crippen LogP contribution in [0, 0.1) is 0 Å². The minimum atomic E-state index is -0.939. The number of hydrogen-bond donors (Lipinski definition) is 2. The van der Waals surface area contributed by atoms with Gasteiger partial charge in [0.1, 0.15) is 6.54 Å². The summed E-state index contributed by atoms with van der Waals surface area (Å²) in [5, 5.41) is 18.1. The Balaban J connectivity index is 1.85. The Morgan fingerprint density at radius 1 is 1.38 bits per heavy atom. The highest BCUT2D eigenvalue weighted by atomic mass is 16.4. The molecule has 0 radical (unpaired) electrons. The van der Waals surface area contributed by atoms with E-state index in [0.29, 0.717) is 5.69 Å². The van der Waals surface area contributed by atoms with Crippen molar-refractivity contribution >= 4 is 17.8 Å². The molecule has 2 N–H and O–H groups in total. The first-order valence-corrected chi connectivity index (χ1v) is 6.03. The molecular weight excluding hydrogens is 280 g/mol. The molecule has 0 bridgehead atoms. The van der Waals surface area contributed by atoms with Gasteiger partial charge < -0.3 is 9.52 Å². The summed E-state index contributed by atoms with van der Waals surface area (Å²) in [5.74, 6) is -2.13. The number of aliphatic carboxylic acids is 1. The molecule has 21 heavy (non-hydrogen) atoms. The Kier molecular flexibility index (Phi) is 4.44. The van der Waals surface area contributed by atoms with E-state index in [0.717, 1.165) is 0 Å². The van der Waals surface area contributed by atoms with Crippen LogP contribution < -0.4 is 5.32 Å². The van der Waals surface area contributed by atoms with Crippen molar-refractivity contribution in [2.24, 2.45) is 0 Å². The van der Waals surface area contributed by atoms with Crippen molar-refractivity contribution in [1.82, 2.24) is 20.3 Å². The first kappa shape index (κ1) is 14.4. The first-order valence-electron chi connectivity index (χ1n) is 6.03. The maximum absolute atomic E-state index is 11.6. The van der Waals surface area contributed by atoms with Crippen LogP contribution >= 0.6 is 0 Å². The number of carboxylic acids is 1. The number of furan rings is 1. The predicted octanol–water partition coefficient (Wildman–Crippen LogP) is -0.155. The number of hydrogen-bond acceptors (Lipinski definition) is 6. The topological polar surface area (TPSA) is 127 Å². The second kappa shape index (κ2) is 6.46. The van der Waals surface area contributed by atoms with Gasteiger partial charge in [0.2, 0.25) is 5.91 Å². The molecule has 2 rings (SSSR count). The summed E-state index contributed by atoms with van der Waals surface area (Å²) in [4.78, 5) is 33.6. The van der Waals surface area contributed by atoms with Crippen molar-refractivity contribution in [1.29, 1.82) is 0 Å². The van der Waals surface area contributed by atoms with Gasteiger partial charge in [-0.15, -0.1) is 5.10 Å². The fraction of sp³-hybridized carbons (Fsp3) is 0.250. The van der Waals surface area contributed by atoms with Crippen LogP contribution in [0.2, 0.25) is 0 Å². The molecule has 0 aliphatic carbocycles. The van der Waals surface area contributed by atoms with Gasteiger partial charge in [0, 0.05) is 12.6 Å². The molecule has 0 fully saturated rings. The molecular formula is C12H12N4O5. The van der Waals surface area contributed by atoms with Gasteiger partial charge in [-0.1, -0.05) is 5.21 Å². The number of carbonyl (C=O) groups is 3. The predicted molar refractivity (Wildman–Crippen MR) is 67.2 cm³/mol. The van der Waals surface area contributed by atoms with Gasteiger partial charge in [-0.25, -0.2) is 4.68 Å². The Morgan fingerprint density at radius 2 is 2.19 bits per heavy atom. The van der Waals surface area contributed by atoms with E-state index in [1.807, 2.05) is 0 Å². The molecule has 0 saturated carbocycles. The highest BCUT2D eigenvalue weighted by Gasteiger charge is 2.13. The SMILES string of the molecule is O=C(O)CCc1cn(CC(=O)NC(=O)c2ccco2)nn1. The molecule has 110 valence electrons. The first-order chi connectivity index (χ1) is 10.0. The van der Waals surface area contributed by atoms with Crippen LogP contribution in [0.1, 0.15) is 22.7 Å². The number of aryl methyl sites for hydroxylation is 1. The molecule has 0 saturated heterocycles. The van der Waals surface area contributed by atoms with Crippen molar-refractivity contribution in [3.63, 3.8) is 0 Å². The Labute approximate surface area is 118 Å². The van der Waals surface area contributed by atoms with Gasteiger partial charge in [0.15, 0.2) is 5.76 Å². The molecule has 2 heterocycles. The zero-order chi connectivity index (χ0) is 15.2. The van der Waals surface area contributed by atoms with Gasteiger partial charge in [-0.2, -0.15) is 0 Å². The Morgan fingerprint density at radius 3 is 2.86 bits per heavy atom. The van der Waals surface area contributed by atoms with E-state index in [1.165, 1.54) is 29.3 Å². The van der Waals surface area contributed by atoms with Crippen LogP contribution in [0.15, 0.2) is 29.0 Å². The van der Waals surface area contributed by atoms with Crippen molar-refractivity contribution in [2.45, 2.75) is 19.4 Å². The highest BCUT2D eigenvalue weighted by Crippen LogP contribution is 2.00. The van der Waals surface area contributed by atoms with Crippen molar-refractivity contribution in [3.05, 3.63) is 36.0 Å². The number of carbonyl (C=O) groups excluding carboxylic acids is 2. The fourth-order valence-electron chi connectivity index (χ4n) is 1.55. The molecule has 0 unspecified atom stereocenters. The van der Waals surface area contributed by atoms with Crippen LogP contribution in [0.5, 0.6) is 0 Å². The van der Waals surface area contributed by atoms with Crippen LogP contribution in [-0.4, -0.2) is 37.9 Å². The summed E-state index contributed by atoms with van der Waals surface area (Å²) in [7, 11) is 0. The highest BCUT2D eigenvalue weighted by molar-refractivity contribution is 6.02. The average Bonchev–Trinajstić information content (AvgIpc) is 3.07. The lowest BCUT2D eigenvalue weighted by molar-refractivity contribution is -0.137. The standard InChI is InChI=1S/C12H12N4O5/c17-10(13-12(20)9-2-1-5-21-9)7-16-6-8(14-15-16)3-4-11(18)19/h1-2,5-6H,3-4,7H2,(H,18,19)(H,13,17,20). The van der Waals surface area contributed by atoms with E-state index in [2.05, 4.69) is 15.6 Å². The number of nitrogens with zero attached hydrogens (tertiary/aromatic N) is 3. The van der Waals surface area contributed by atoms with Crippen molar-refractivity contribution in [2.75, 3.05) is 0 Å². The van der Waals surface area contributed by atoms with Gasteiger partial charge in [0.05, 0.1) is 18.4 Å². The molecule has 9 nitrogen and oxygen atoms in total. The summed E-state index contributed by atoms with van der Waals surface area (Å²) < 4.78 is 6.07. The van der Waals surface area contributed by atoms with E-state index in [9.17, 15) is 14.4 Å². The maximum Gasteiger partial charge on any atom is 0.303 e. The van der Waals surface area contributed by atoms with Gasteiger partial charge in [-0.05, 0) is 12.1 Å². The lowest BCUT2D eigenvalue weighted by atomic mass is 10.2. The smallest absolute Gasteiger partial charge is 0.303 e. The van der Waals surface area contributed by atoms with E-state index < -0.39 is 17.8 Å². The lowest BCUT2D eigenvalue weighted by Gasteiger charge is -2.01. The monoisotopic (exact) mass is 292 g/mol. The lowest BCUT2D eigenvalue weighted by Crippen LogP contribution is -2.33. The second-order valence-electron chi connectivity index (χ2n) is 4.16.